The van der Waals surface area contributed by atoms with Crippen molar-refractivity contribution in [2.45, 2.75) is 46.2 Å². The lowest BCUT2D eigenvalue weighted by molar-refractivity contribution is 0.226. The number of carbonyl (C=O) groups is 1. The molecular weight excluding hydrogens is 202 g/mol. The molecule has 16 heavy (non-hydrogen) atoms. The predicted molar refractivity (Wildman–Crippen MR) is 68.6 cm³/mol. The van der Waals surface area contributed by atoms with Crippen molar-refractivity contribution in [2.75, 3.05) is 20.6 Å². The minimum atomic E-state index is -0.0671. The number of rotatable bonds is 6. The van der Waals surface area contributed by atoms with Crippen LogP contribution in [0.3, 0.4) is 0 Å². The lowest BCUT2D eigenvalue weighted by atomic mass is 10.0. The van der Waals surface area contributed by atoms with Crippen molar-refractivity contribution in [3.63, 3.8) is 0 Å². The van der Waals surface area contributed by atoms with E-state index in [0.29, 0.717) is 5.92 Å². The van der Waals surface area contributed by atoms with Crippen LogP contribution < -0.4 is 10.6 Å². The maximum Gasteiger partial charge on any atom is 0.315 e. The smallest absolute Gasteiger partial charge is 0.315 e. The molecule has 2 N–H and O–H groups in total. The van der Waals surface area contributed by atoms with Gasteiger partial charge in [0, 0.05) is 18.6 Å². The molecule has 2 amide bonds. The van der Waals surface area contributed by atoms with Crippen LogP contribution in [0.15, 0.2) is 0 Å². The summed E-state index contributed by atoms with van der Waals surface area (Å²) >= 11 is 0. The zero-order valence-electron chi connectivity index (χ0n) is 11.5. The molecule has 0 aromatic rings. The van der Waals surface area contributed by atoms with Crippen molar-refractivity contribution in [1.82, 2.24) is 15.5 Å². The van der Waals surface area contributed by atoms with E-state index in [4.69, 9.17) is 0 Å². The Balaban J connectivity index is 4.13. The molecule has 0 aliphatic heterocycles. The Hall–Kier alpha value is -0.770. The fourth-order valence-corrected chi connectivity index (χ4v) is 1.68. The number of likely N-dealkylation sites (N-methyl/N-ethyl adjacent to an activating group) is 1. The molecule has 0 heterocycles. The molecular formula is C12H27N3O. The summed E-state index contributed by atoms with van der Waals surface area (Å²) in [6, 6.07) is 0.329. The van der Waals surface area contributed by atoms with Gasteiger partial charge >= 0.3 is 6.03 Å². The molecule has 96 valence electrons. The third-order valence-corrected chi connectivity index (χ3v) is 2.10. The first-order valence-corrected chi connectivity index (χ1v) is 6.03. The molecule has 0 saturated carbocycles. The van der Waals surface area contributed by atoms with Crippen molar-refractivity contribution < 1.29 is 4.79 Å². The number of carbonyl (C=O) groups excluding carboxylic acids is 1. The highest BCUT2D eigenvalue weighted by molar-refractivity contribution is 5.74. The second-order valence-corrected chi connectivity index (χ2v) is 5.36. The molecule has 0 spiro atoms. The lowest BCUT2D eigenvalue weighted by Crippen LogP contribution is -2.48. The van der Waals surface area contributed by atoms with Gasteiger partial charge in [-0.05, 0) is 40.3 Å². The van der Waals surface area contributed by atoms with Crippen molar-refractivity contribution in [2.24, 2.45) is 5.92 Å². The Morgan fingerprint density at radius 3 is 2.06 bits per heavy atom. The first-order chi connectivity index (χ1) is 7.31. The third-order valence-electron chi connectivity index (χ3n) is 2.10. The molecule has 0 rings (SSSR count). The highest BCUT2D eigenvalue weighted by Gasteiger charge is 2.14. The van der Waals surface area contributed by atoms with Gasteiger partial charge in [-0.1, -0.05) is 13.8 Å². The molecule has 0 radical (unpaired) electrons. The second-order valence-electron chi connectivity index (χ2n) is 5.36. The summed E-state index contributed by atoms with van der Waals surface area (Å²) in [5.74, 6) is 0.587. The van der Waals surface area contributed by atoms with Crippen LogP contribution in [-0.4, -0.2) is 43.7 Å². The van der Waals surface area contributed by atoms with E-state index in [9.17, 15) is 4.79 Å². The lowest BCUT2D eigenvalue weighted by Gasteiger charge is -2.24. The number of nitrogens with one attached hydrogen (secondary N) is 2. The summed E-state index contributed by atoms with van der Waals surface area (Å²) in [6.45, 7) is 9.14. The Labute approximate surface area is 99.8 Å². The van der Waals surface area contributed by atoms with Gasteiger partial charge in [-0.3, -0.25) is 0 Å². The van der Waals surface area contributed by atoms with Crippen LogP contribution in [-0.2, 0) is 0 Å². The van der Waals surface area contributed by atoms with E-state index < -0.39 is 0 Å². The number of urea groups is 1. The van der Waals surface area contributed by atoms with Crippen LogP contribution in [0.2, 0.25) is 0 Å². The van der Waals surface area contributed by atoms with Crippen molar-refractivity contribution in [3.8, 4) is 0 Å². The molecule has 0 saturated heterocycles. The highest BCUT2D eigenvalue weighted by Crippen LogP contribution is 2.05. The van der Waals surface area contributed by atoms with Gasteiger partial charge in [-0.2, -0.15) is 0 Å². The van der Waals surface area contributed by atoms with Crippen molar-refractivity contribution in [1.29, 1.82) is 0 Å². The minimum absolute atomic E-state index is 0.0671. The van der Waals surface area contributed by atoms with Gasteiger partial charge < -0.3 is 15.5 Å². The molecule has 0 aliphatic carbocycles. The minimum Gasteiger partial charge on any atom is -0.336 e. The summed E-state index contributed by atoms with van der Waals surface area (Å²) in [6.07, 6.45) is 1.00. The van der Waals surface area contributed by atoms with E-state index in [-0.39, 0.29) is 18.1 Å². The largest absolute Gasteiger partial charge is 0.336 e. The van der Waals surface area contributed by atoms with Crippen LogP contribution in [0.1, 0.15) is 34.1 Å². The van der Waals surface area contributed by atoms with E-state index in [1.807, 2.05) is 27.9 Å². The van der Waals surface area contributed by atoms with E-state index in [2.05, 4.69) is 29.4 Å². The van der Waals surface area contributed by atoms with Gasteiger partial charge in [0.1, 0.15) is 0 Å². The van der Waals surface area contributed by atoms with Crippen LogP contribution in [0, 0.1) is 5.92 Å². The van der Waals surface area contributed by atoms with Gasteiger partial charge in [-0.15, -0.1) is 0 Å². The van der Waals surface area contributed by atoms with E-state index in [1.54, 1.807) is 0 Å². The standard InChI is InChI=1S/C12H27N3O/c1-9(2)7-11(8-15(5)6)14-12(16)13-10(3)4/h9-11H,7-8H2,1-6H3,(H2,13,14,16). The van der Waals surface area contributed by atoms with Gasteiger partial charge in [0.15, 0.2) is 0 Å². The predicted octanol–water partition coefficient (Wildman–Crippen LogP) is 1.67. The molecule has 1 unspecified atom stereocenters. The monoisotopic (exact) mass is 229 g/mol. The first kappa shape index (κ1) is 15.2. The molecule has 0 fully saturated rings. The number of amides is 2. The average Bonchev–Trinajstić information content (AvgIpc) is 1.97. The zero-order chi connectivity index (χ0) is 12.7. The normalized spacial score (nSPS) is 13.3. The summed E-state index contributed by atoms with van der Waals surface area (Å²) in [5.41, 5.74) is 0. The summed E-state index contributed by atoms with van der Waals surface area (Å²) in [5, 5.41) is 5.87. The Morgan fingerprint density at radius 2 is 1.69 bits per heavy atom. The Morgan fingerprint density at radius 1 is 1.12 bits per heavy atom. The van der Waals surface area contributed by atoms with E-state index in [1.165, 1.54) is 0 Å². The summed E-state index contributed by atoms with van der Waals surface area (Å²) in [7, 11) is 4.05. The summed E-state index contributed by atoms with van der Waals surface area (Å²) < 4.78 is 0. The Kier molecular flexibility index (Phi) is 7.13. The Bertz CT molecular complexity index is 192. The van der Waals surface area contributed by atoms with Gasteiger partial charge in [0.25, 0.3) is 0 Å². The quantitative estimate of drug-likeness (QED) is 0.727. The third kappa shape index (κ3) is 8.53. The molecule has 0 aliphatic rings. The van der Waals surface area contributed by atoms with Crippen molar-refractivity contribution in [3.05, 3.63) is 0 Å². The van der Waals surface area contributed by atoms with Crippen LogP contribution >= 0.6 is 0 Å². The van der Waals surface area contributed by atoms with Crippen molar-refractivity contribution >= 4 is 6.03 Å². The van der Waals surface area contributed by atoms with Crippen LogP contribution in [0.4, 0.5) is 4.79 Å². The van der Waals surface area contributed by atoms with Crippen LogP contribution in [0.5, 0.6) is 0 Å². The first-order valence-electron chi connectivity index (χ1n) is 6.03. The molecule has 0 bridgehead atoms. The topological polar surface area (TPSA) is 44.4 Å². The zero-order valence-corrected chi connectivity index (χ0v) is 11.5. The molecule has 0 aromatic heterocycles. The number of hydrogen-bond donors (Lipinski definition) is 2. The fraction of sp³-hybridized carbons (Fsp3) is 0.917. The van der Waals surface area contributed by atoms with E-state index in [0.717, 1.165) is 13.0 Å². The summed E-state index contributed by atoms with van der Waals surface area (Å²) in [4.78, 5) is 13.7. The highest BCUT2D eigenvalue weighted by atomic mass is 16.2. The SMILES string of the molecule is CC(C)CC(CN(C)C)NC(=O)NC(C)C. The molecule has 1 atom stereocenters. The molecule has 4 heteroatoms. The fourth-order valence-electron chi connectivity index (χ4n) is 1.68. The maximum atomic E-state index is 11.6. The number of nitrogens with zero attached hydrogens (tertiary/aromatic N) is 1. The van der Waals surface area contributed by atoms with Crippen LogP contribution in [0.25, 0.3) is 0 Å². The molecule has 4 nitrogen and oxygen atoms in total. The second kappa shape index (κ2) is 7.49. The van der Waals surface area contributed by atoms with Gasteiger partial charge in [0.2, 0.25) is 0 Å². The van der Waals surface area contributed by atoms with E-state index >= 15 is 0 Å². The number of hydrogen-bond acceptors (Lipinski definition) is 2. The average molecular weight is 229 g/mol. The van der Waals surface area contributed by atoms with Gasteiger partial charge in [0.05, 0.1) is 0 Å². The maximum absolute atomic E-state index is 11.6. The van der Waals surface area contributed by atoms with Gasteiger partial charge in [-0.25, -0.2) is 4.79 Å². The molecule has 0 aromatic carbocycles.